The summed E-state index contributed by atoms with van der Waals surface area (Å²) in [7, 11) is 1.78. The zero-order valence-corrected chi connectivity index (χ0v) is 12.2. The summed E-state index contributed by atoms with van der Waals surface area (Å²) in [5.74, 6) is 1.07. The van der Waals surface area contributed by atoms with Crippen LogP contribution in [0, 0.1) is 11.6 Å². The van der Waals surface area contributed by atoms with E-state index in [-0.39, 0.29) is 11.7 Å². The van der Waals surface area contributed by atoms with Crippen LogP contribution in [0.25, 0.3) is 0 Å². The van der Waals surface area contributed by atoms with Gasteiger partial charge in [-0.15, -0.1) is 0 Å². The third-order valence-electron chi connectivity index (χ3n) is 3.46. The van der Waals surface area contributed by atoms with Gasteiger partial charge in [-0.3, -0.25) is 0 Å². The number of hydrogen-bond donors (Lipinski definition) is 1. The van der Waals surface area contributed by atoms with Crippen molar-refractivity contribution in [2.45, 2.75) is 25.9 Å². The third kappa shape index (κ3) is 3.39. The van der Waals surface area contributed by atoms with Crippen LogP contribution in [-0.2, 0) is 6.54 Å². The van der Waals surface area contributed by atoms with Crippen molar-refractivity contribution >= 4 is 17.4 Å². The van der Waals surface area contributed by atoms with E-state index in [2.05, 4.69) is 5.32 Å². The molecule has 2 nitrogen and oxygen atoms in total. The zero-order valence-electron chi connectivity index (χ0n) is 11.4. The van der Waals surface area contributed by atoms with E-state index in [0.29, 0.717) is 12.1 Å². The highest BCUT2D eigenvalue weighted by molar-refractivity contribution is 7.99. The SMILES string of the molecule is CCNCc1cc(F)c(N(C)C2CCSC2)c(F)c1. The maximum atomic E-state index is 14.1. The minimum atomic E-state index is -0.465. The molecule has 1 fully saturated rings. The van der Waals surface area contributed by atoms with E-state index in [9.17, 15) is 8.78 Å². The van der Waals surface area contributed by atoms with Gasteiger partial charge in [-0.25, -0.2) is 8.78 Å². The van der Waals surface area contributed by atoms with Crippen molar-refractivity contribution in [3.8, 4) is 0 Å². The Labute approximate surface area is 117 Å². The molecule has 1 atom stereocenters. The lowest BCUT2D eigenvalue weighted by atomic mass is 10.1. The van der Waals surface area contributed by atoms with E-state index < -0.39 is 11.6 Å². The molecular formula is C14H20F2N2S. The summed E-state index contributed by atoms with van der Waals surface area (Å²) in [6.45, 7) is 3.24. The van der Waals surface area contributed by atoms with Gasteiger partial charge < -0.3 is 10.2 Å². The number of anilines is 1. The molecule has 1 N–H and O–H groups in total. The number of hydrogen-bond acceptors (Lipinski definition) is 3. The third-order valence-corrected chi connectivity index (χ3v) is 4.61. The molecule has 1 saturated heterocycles. The first-order valence-electron chi connectivity index (χ1n) is 6.62. The van der Waals surface area contributed by atoms with E-state index in [1.807, 2.05) is 18.7 Å². The van der Waals surface area contributed by atoms with Gasteiger partial charge in [-0.2, -0.15) is 11.8 Å². The molecule has 0 aliphatic carbocycles. The summed E-state index contributed by atoms with van der Waals surface area (Å²) in [5, 5.41) is 3.07. The first-order chi connectivity index (χ1) is 9.13. The van der Waals surface area contributed by atoms with Gasteiger partial charge in [-0.05, 0) is 36.4 Å². The molecule has 1 aromatic carbocycles. The fraction of sp³-hybridized carbons (Fsp3) is 0.571. The van der Waals surface area contributed by atoms with E-state index in [4.69, 9.17) is 0 Å². The first-order valence-corrected chi connectivity index (χ1v) is 7.78. The van der Waals surface area contributed by atoms with Crippen molar-refractivity contribution in [2.24, 2.45) is 0 Å². The Kier molecular flexibility index (Phi) is 5.05. The van der Waals surface area contributed by atoms with E-state index in [1.165, 1.54) is 12.1 Å². The average Bonchev–Trinajstić information content (AvgIpc) is 2.89. The standard InChI is InChI=1S/C14H20F2N2S/c1-3-17-8-10-6-12(15)14(13(16)7-10)18(2)11-4-5-19-9-11/h6-7,11,17H,3-5,8-9H2,1-2H3. The van der Waals surface area contributed by atoms with Crippen molar-refractivity contribution in [2.75, 3.05) is 30.0 Å². The Morgan fingerprint density at radius 2 is 2.05 bits per heavy atom. The highest BCUT2D eigenvalue weighted by Crippen LogP contribution is 2.30. The number of halogens is 2. The van der Waals surface area contributed by atoms with Crippen molar-refractivity contribution in [3.05, 3.63) is 29.3 Å². The monoisotopic (exact) mass is 286 g/mol. The van der Waals surface area contributed by atoms with Gasteiger partial charge in [-0.1, -0.05) is 6.92 Å². The molecule has 106 valence electrons. The van der Waals surface area contributed by atoms with E-state index >= 15 is 0 Å². The molecular weight excluding hydrogens is 266 g/mol. The molecule has 0 bridgehead atoms. The van der Waals surface area contributed by atoms with Gasteiger partial charge in [0, 0.05) is 25.4 Å². The molecule has 1 aliphatic heterocycles. The second-order valence-corrected chi connectivity index (χ2v) is 5.97. The predicted octanol–water partition coefficient (Wildman–Crippen LogP) is 3.02. The summed E-state index contributed by atoms with van der Waals surface area (Å²) in [6, 6.07) is 3.09. The lowest BCUT2D eigenvalue weighted by Crippen LogP contribution is -2.32. The number of nitrogens with one attached hydrogen (secondary N) is 1. The second kappa shape index (κ2) is 6.57. The quantitative estimate of drug-likeness (QED) is 0.896. The van der Waals surface area contributed by atoms with Crippen LogP contribution < -0.4 is 10.2 Å². The molecule has 0 aromatic heterocycles. The van der Waals surface area contributed by atoms with Crippen LogP contribution in [0.2, 0.25) is 0 Å². The summed E-state index contributed by atoms with van der Waals surface area (Å²) < 4.78 is 28.3. The molecule has 0 amide bonds. The van der Waals surface area contributed by atoms with Crippen LogP contribution in [0.3, 0.4) is 0 Å². The predicted molar refractivity (Wildman–Crippen MR) is 77.9 cm³/mol. The Morgan fingerprint density at radius 1 is 1.37 bits per heavy atom. The fourth-order valence-electron chi connectivity index (χ4n) is 2.34. The molecule has 1 unspecified atom stereocenters. The Balaban J connectivity index is 2.20. The molecule has 0 saturated carbocycles. The largest absolute Gasteiger partial charge is 0.366 e. The normalized spacial score (nSPS) is 18.8. The second-order valence-electron chi connectivity index (χ2n) is 4.82. The Bertz CT molecular complexity index is 410. The zero-order chi connectivity index (χ0) is 13.8. The minimum absolute atomic E-state index is 0.104. The van der Waals surface area contributed by atoms with Crippen molar-refractivity contribution in [1.29, 1.82) is 0 Å². The van der Waals surface area contributed by atoms with Crippen LogP contribution in [0.1, 0.15) is 18.9 Å². The van der Waals surface area contributed by atoms with Crippen LogP contribution in [0.5, 0.6) is 0 Å². The molecule has 0 spiro atoms. The molecule has 1 aliphatic rings. The van der Waals surface area contributed by atoms with Gasteiger partial charge in [0.1, 0.15) is 17.3 Å². The summed E-state index contributed by atoms with van der Waals surface area (Å²) in [4.78, 5) is 1.75. The molecule has 1 heterocycles. The van der Waals surface area contributed by atoms with Crippen LogP contribution in [0.15, 0.2) is 12.1 Å². The lowest BCUT2D eigenvalue weighted by molar-refractivity contribution is 0.557. The number of rotatable bonds is 5. The highest BCUT2D eigenvalue weighted by Gasteiger charge is 2.25. The van der Waals surface area contributed by atoms with Crippen LogP contribution in [-0.4, -0.2) is 31.1 Å². The van der Waals surface area contributed by atoms with Gasteiger partial charge in [0.25, 0.3) is 0 Å². The van der Waals surface area contributed by atoms with E-state index in [0.717, 1.165) is 24.5 Å². The Morgan fingerprint density at radius 3 is 2.58 bits per heavy atom. The topological polar surface area (TPSA) is 15.3 Å². The van der Waals surface area contributed by atoms with Gasteiger partial charge in [0.05, 0.1) is 0 Å². The summed E-state index contributed by atoms with van der Waals surface area (Å²) >= 11 is 1.83. The van der Waals surface area contributed by atoms with Crippen molar-refractivity contribution < 1.29 is 8.78 Å². The smallest absolute Gasteiger partial charge is 0.149 e. The van der Waals surface area contributed by atoms with E-state index in [1.54, 1.807) is 11.9 Å². The van der Waals surface area contributed by atoms with Crippen molar-refractivity contribution in [3.63, 3.8) is 0 Å². The van der Waals surface area contributed by atoms with Crippen LogP contribution >= 0.6 is 11.8 Å². The fourth-order valence-corrected chi connectivity index (χ4v) is 3.60. The van der Waals surface area contributed by atoms with Gasteiger partial charge in [0.2, 0.25) is 0 Å². The van der Waals surface area contributed by atoms with Gasteiger partial charge in [0.15, 0.2) is 0 Å². The summed E-state index contributed by atoms with van der Waals surface area (Å²) in [5.41, 5.74) is 0.752. The first kappa shape index (κ1) is 14.6. The molecule has 5 heteroatoms. The maximum Gasteiger partial charge on any atom is 0.149 e. The maximum absolute atomic E-state index is 14.1. The van der Waals surface area contributed by atoms with Gasteiger partial charge >= 0.3 is 0 Å². The lowest BCUT2D eigenvalue weighted by Gasteiger charge is -2.27. The summed E-state index contributed by atoms with van der Waals surface area (Å²) in [6.07, 6.45) is 0.985. The molecule has 2 rings (SSSR count). The molecule has 1 aromatic rings. The van der Waals surface area contributed by atoms with Crippen LogP contribution in [0.4, 0.5) is 14.5 Å². The minimum Gasteiger partial charge on any atom is -0.366 e. The number of benzene rings is 1. The highest BCUT2D eigenvalue weighted by atomic mass is 32.2. The Hall–Kier alpha value is -0.810. The molecule has 0 radical (unpaired) electrons. The number of nitrogens with zero attached hydrogens (tertiary/aromatic N) is 1. The number of thioether (sulfide) groups is 1. The van der Waals surface area contributed by atoms with Crippen molar-refractivity contribution in [1.82, 2.24) is 5.32 Å². The molecule has 19 heavy (non-hydrogen) atoms. The average molecular weight is 286 g/mol.